The standard InChI is InChI=1S/C19H26N2O5S/c1-20(2)27(22,23)17-9-7-16(8-10-17)26-13-12-21(3)15-6-11-18(24-4)19(14-15)25-5/h6-11,14H,12-13H2,1-5H3. The second-order valence-corrected chi connectivity index (χ2v) is 8.22. The number of nitrogens with zero attached hydrogens (tertiary/aromatic N) is 2. The minimum atomic E-state index is -3.43. The van der Waals surface area contributed by atoms with Crippen molar-refractivity contribution in [2.24, 2.45) is 0 Å². The Bertz CT molecular complexity index is 851. The first-order valence-electron chi connectivity index (χ1n) is 8.38. The van der Waals surface area contributed by atoms with Gasteiger partial charge < -0.3 is 19.1 Å². The predicted octanol–water partition coefficient (Wildman–Crippen LogP) is 2.47. The van der Waals surface area contributed by atoms with Gasteiger partial charge in [0.05, 0.1) is 25.7 Å². The van der Waals surface area contributed by atoms with E-state index in [1.54, 1.807) is 38.5 Å². The zero-order valence-corrected chi connectivity index (χ0v) is 17.1. The van der Waals surface area contributed by atoms with Crippen LogP contribution < -0.4 is 19.1 Å². The van der Waals surface area contributed by atoms with Gasteiger partial charge in [-0.3, -0.25) is 0 Å². The Morgan fingerprint density at radius 1 is 0.889 bits per heavy atom. The zero-order chi connectivity index (χ0) is 20.0. The summed E-state index contributed by atoms with van der Waals surface area (Å²) >= 11 is 0. The minimum absolute atomic E-state index is 0.238. The maximum Gasteiger partial charge on any atom is 0.242 e. The van der Waals surface area contributed by atoms with Gasteiger partial charge in [0.25, 0.3) is 0 Å². The molecule has 0 saturated heterocycles. The second-order valence-electron chi connectivity index (χ2n) is 6.07. The number of likely N-dealkylation sites (N-methyl/N-ethyl adjacent to an activating group) is 1. The van der Waals surface area contributed by atoms with Crippen molar-refractivity contribution in [2.75, 3.05) is 53.4 Å². The largest absolute Gasteiger partial charge is 0.493 e. The molecule has 0 atom stereocenters. The van der Waals surface area contributed by atoms with Crippen LogP contribution in [-0.4, -0.2) is 61.2 Å². The highest BCUT2D eigenvalue weighted by atomic mass is 32.2. The molecule has 0 radical (unpaired) electrons. The molecule has 0 aliphatic heterocycles. The summed E-state index contributed by atoms with van der Waals surface area (Å²) in [6, 6.07) is 12.1. The number of benzene rings is 2. The molecule has 0 aliphatic carbocycles. The van der Waals surface area contributed by atoms with Crippen LogP contribution in [0, 0.1) is 0 Å². The Balaban J connectivity index is 1.94. The predicted molar refractivity (Wildman–Crippen MR) is 106 cm³/mol. The molecular formula is C19H26N2O5S. The second kappa shape index (κ2) is 8.96. The molecule has 0 amide bonds. The van der Waals surface area contributed by atoms with E-state index in [1.807, 2.05) is 30.1 Å². The van der Waals surface area contributed by atoms with Gasteiger partial charge in [0.1, 0.15) is 12.4 Å². The van der Waals surface area contributed by atoms with Crippen molar-refractivity contribution in [1.29, 1.82) is 0 Å². The van der Waals surface area contributed by atoms with Crippen LogP contribution in [0.3, 0.4) is 0 Å². The average Bonchev–Trinajstić information content (AvgIpc) is 2.67. The molecule has 27 heavy (non-hydrogen) atoms. The molecule has 2 aromatic carbocycles. The molecule has 0 spiro atoms. The summed E-state index contributed by atoms with van der Waals surface area (Å²) in [4.78, 5) is 2.27. The van der Waals surface area contributed by atoms with Crippen LogP contribution >= 0.6 is 0 Å². The lowest BCUT2D eigenvalue weighted by Gasteiger charge is -2.21. The highest BCUT2D eigenvalue weighted by Gasteiger charge is 2.16. The molecule has 0 N–H and O–H groups in total. The van der Waals surface area contributed by atoms with Crippen molar-refractivity contribution in [1.82, 2.24) is 4.31 Å². The van der Waals surface area contributed by atoms with Crippen molar-refractivity contribution >= 4 is 15.7 Å². The number of hydrogen-bond donors (Lipinski definition) is 0. The van der Waals surface area contributed by atoms with E-state index in [0.29, 0.717) is 30.4 Å². The molecule has 0 saturated carbocycles. The summed E-state index contributed by atoms with van der Waals surface area (Å²) in [5.74, 6) is 1.97. The Labute approximate surface area is 161 Å². The normalized spacial score (nSPS) is 11.3. The lowest BCUT2D eigenvalue weighted by Crippen LogP contribution is -2.24. The molecule has 2 rings (SSSR count). The Morgan fingerprint density at radius 2 is 1.52 bits per heavy atom. The molecular weight excluding hydrogens is 368 g/mol. The minimum Gasteiger partial charge on any atom is -0.493 e. The highest BCUT2D eigenvalue weighted by Crippen LogP contribution is 2.31. The summed E-state index contributed by atoms with van der Waals surface area (Å²) in [5.41, 5.74) is 0.976. The SMILES string of the molecule is COc1ccc(N(C)CCOc2ccc(S(=O)(=O)N(C)C)cc2)cc1OC. The van der Waals surface area contributed by atoms with E-state index < -0.39 is 10.0 Å². The first kappa shape index (κ1) is 20.9. The number of rotatable bonds is 9. The van der Waals surface area contributed by atoms with Crippen LogP contribution in [0.15, 0.2) is 47.4 Å². The summed E-state index contributed by atoms with van der Waals surface area (Å²) in [6.45, 7) is 1.10. The Morgan fingerprint density at radius 3 is 2.07 bits per heavy atom. The van der Waals surface area contributed by atoms with Gasteiger partial charge in [-0.15, -0.1) is 0 Å². The van der Waals surface area contributed by atoms with Crippen molar-refractivity contribution in [2.45, 2.75) is 4.90 Å². The zero-order valence-electron chi connectivity index (χ0n) is 16.3. The van der Waals surface area contributed by atoms with E-state index in [0.717, 1.165) is 5.69 Å². The van der Waals surface area contributed by atoms with Crippen molar-refractivity contribution in [3.63, 3.8) is 0 Å². The van der Waals surface area contributed by atoms with Gasteiger partial charge >= 0.3 is 0 Å². The van der Waals surface area contributed by atoms with Crippen LogP contribution in [0.5, 0.6) is 17.2 Å². The van der Waals surface area contributed by atoms with Gasteiger partial charge in [-0.05, 0) is 36.4 Å². The lowest BCUT2D eigenvalue weighted by atomic mass is 10.2. The van der Waals surface area contributed by atoms with E-state index in [4.69, 9.17) is 14.2 Å². The molecule has 2 aromatic rings. The fourth-order valence-electron chi connectivity index (χ4n) is 2.41. The fraction of sp³-hybridized carbons (Fsp3) is 0.368. The third-order valence-corrected chi connectivity index (χ3v) is 5.93. The third-order valence-electron chi connectivity index (χ3n) is 4.11. The van der Waals surface area contributed by atoms with E-state index in [-0.39, 0.29) is 4.90 Å². The molecule has 0 unspecified atom stereocenters. The molecule has 0 aromatic heterocycles. The van der Waals surface area contributed by atoms with E-state index in [9.17, 15) is 8.42 Å². The third kappa shape index (κ3) is 5.05. The van der Waals surface area contributed by atoms with Crippen molar-refractivity contribution in [3.8, 4) is 17.2 Å². The number of anilines is 1. The first-order chi connectivity index (χ1) is 12.8. The van der Waals surface area contributed by atoms with Crippen LogP contribution in [0.2, 0.25) is 0 Å². The maximum atomic E-state index is 12.1. The van der Waals surface area contributed by atoms with Crippen LogP contribution in [0.1, 0.15) is 0 Å². The molecule has 0 aliphatic rings. The van der Waals surface area contributed by atoms with Crippen molar-refractivity contribution < 1.29 is 22.6 Å². The number of methoxy groups -OCH3 is 2. The maximum absolute atomic E-state index is 12.1. The fourth-order valence-corrected chi connectivity index (χ4v) is 3.31. The first-order valence-corrected chi connectivity index (χ1v) is 9.82. The van der Waals surface area contributed by atoms with Gasteiger partial charge in [-0.1, -0.05) is 0 Å². The van der Waals surface area contributed by atoms with E-state index in [2.05, 4.69) is 0 Å². The van der Waals surface area contributed by atoms with E-state index >= 15 is 0 Å². The van der Waals surface area contributed by atoms with Gasteiger partial charge in [-0.2, -0.15) is 0 Å². The topological polar surface area (TPSA) is 68.3 Å². The molecule has 8 heteroatoms. The highest BCUT2D eigenvalue weighted by molar-refractivity contribution is 7.89. The van der Waals surface area contributed by atoms with Crippen molar-refractivity contribution in [3.05, 3.63) is 42.5 Å². The average molecular weight is 394 g/mol. The quantitative estimate of drug-likeness (QED) is 0.651. The van der Waals surface area contributed by atoms with Crippen LogP contribution in [-0.2, 0) is 10.0 Å². The van der Waals surface area contributed by atoms with Gasteiger partial charge in [0.15, 0.2) is 11.5 Å². The summed E-state index contributed by atoms with van der Waals surface area (Å²) in [5, 5.41) is 0. The molecule has 0 heterocycles. The number of hydrogen-bond acceptors (Lipinski definition) is 6. The monoisotopic (exact) mass is 394 g/mol. The summed E-state index contributed by atoms with van der Waals surface area (Å²) in [6.07, 6.45) is 0. The van der Waals surface area contributed by atoms with Gasteiger partial charge in [0, 0.05) is 32.9 Å². The van der Waals surface area contributed by atoms with Crippen LogP contribution in [0.25, 0.3) is 0 Å². The van der Waals surface area contributed by atoms with E-state index in [1.165, 1.54) is 18.4 Å². The smallest absolute Gasteiger partial charge is 0.242 e. The van der Waals surface area contributed by atoms with Crippen LogP contribution in [0.4, 0.5) is 5.69 Å². The Hall–Kier alpha value is -2.45. The number of sulfonamides is 1. The Kier molecular flexibility index (Phi) is 6.92. The summed E-state index contributed by atoms with van der Waals surface area (Å²) in [7, 11) is 4.74. The molecule has 0 bridgehead atoms. The van der Waals surface area contributed by atoms with Gasteiger partial charge in [0.2, 0.25) is 10.0 Å². The lowest BCUT2D eigenvalue weighted by molar-refractivity contribution is 0.325. The molecule has 7 nitrogen and oxygen atoms in total. The van der Waals surface area contributed by atoms with Gasteiger partial charge in [-0.25, -0.2) is 12.7 Å². The summed E-state index contributed by atoms with van der Waals surface area (Å²) < 4.78 is 41.6. The molecule has 0 fully saturated rings. The number of ether oxygens (including phenoxy) is 3. The molecule has 148 valence electrons.